The maximum atomic E-state index is 11.8. The van der Waals surface area contributed by atoms with Crippen LogP contribution in [0.4, 0.5) is 0 Å². The average Bonchev–Trinajstić information content (AvgIpc) is 2.32. The molecule has 0 aromatic carbocycles. The van der Waals surface area contributed by atoms with Crippen molar-refractivity contribution in [1.82, 2.24) is 9.97 Å². The molecule has 0 saturated heterocycles. The summed E-state index contributed by atoms with van der Waals surface area (Å²) in [5.74, 6) is 0. The highest BCUT2D eigenvalue weighted by Gasteiger charge is 2.21. The van der Waals surface area contributed by atoms with Gasteiger partial charge in [-0.3, -0.25) is 9.78 Å². The first-order chi connectivity index (χ1) is 8.39. The van der Waals surface area contributed by atoms with E-state index in [4.69, 9.17) is 0 Å². The molecule has 18 heavy (non-hydrogen) atoms. The molecule has 0 atom stereocenters. The highest BCUT2D eigenvalue weighted by atomic mass is 79.9. The van der Waals surface area contributed by atoms with E-state index in [1.54, 1.807) is 12.4 Å². The van der Waals surface area contributed by atoms with Crippen LogP contribution in [0, 0.1) is 0 Å². The van der Waals surface area contributed by atoms with E-state index in [1.165, 1.54) is 0 Å². The van der Waals surface area contributed by atoms with Crippen molar-refractivity contribution in [1.29, 1.82) is 0 Å². The van der Waals surface area contributed by atoms with Gasteiger partial charge in [-0.05, 0) is 39.7 Å². The van der Waals surface area contributed by atoms with Crippen molar-refractivity contribution >= 4 is 15.9 Å². The van der Waals surface area contributed by atoms with Crippen LogP contribution in [0.2, 0.25) is 0 Å². The van der Waals surface area contributed by atoms with Gasteiger partial charge in [0.15, 0.2) is 0 Å². The summed E-state index contributed by atoms with van der Waals surface area (Å²) in [5.41, 5.74) is 2.78. The predicted octanol–water partition coefficient (Wildman–Crippen LogP) is 3.50. The lowest BCUT2D eigenvalue weighted by Crippen LogP contribution is -2.21. The minimum absolute atomic E-state index is 0.0993. The zero-order valence-electron chi connectivity index (χ0n) is 10.6. The van der Waals surface area contributed by atoms with Crippen molar-refractivity contribution in [2.24, 2.45) is 0 Å². The Kier molecular flexibility index (Phi) is 3.39. The predicted molar refractivity (Wildman–Crippen MR) is 76.7 cm³/mol. The van der Waals surface area contributed by atoms with Crippen LogP contribution in [-0.2, 0) is 5.41 Å². The van der Waals surface area contributed by atoms with Crippen molar-refractivity contribution < 1.29 is 0 Å². The fourth-order valence-electron chi connectivity index (χ4n) is 1.86. The molecule has 0 amide bonds. The summed E-state index contributed by atoms with van der Waals surface area (Å²) < 4.78 is 0.544. The molecule has 2 aromatic heterocycles. The van der Waals surface area contributed by atoms with E-state index in [1.807, 2.05) is 18.2 Å². The number of nitrogens with one attached hydrogen (secondary N) is 1. The van der Waals surface area contributed by atoms with Gasteiger partial charge in [0.05, 0.1) is 4.47 Å². The molecule has 0 bridgehead atoms. The molecule has 0 aliphatic heterocycles. The summed E-state index contributed by atoms with van der Waals surface area (Å²) >= 11 is 3.28. The molecular formula is C14H15BrN2O. The van der Waals surface area contributed by atoms with Crippen LogP contribution in [0.1, 0.15) is 26.5 Å². The average molecular weight is 307 g/mol. The monoisotopic (exact) mass is 306 g/mol. The second-order valence-electron chi connectivity index (χ2n) is 5.22. The molecular weight excluding hydrogens is 292 g/mol. The van der Waals surface area contributed by atoms with E-state index in [9.17, 15) is 4.79 Å². The summed E-state index contributed by atoms with van der Waals surface area (Å²) in [6, 6.07) is 5.75. The summed E-state index contributed by atoms with van der Waals surface area (Å²) in [7, 11) is 0. The summed E-state index contributed by atoms with van der Waals surface area (Å²) in [4.78, 5) is 18.7. The number of pyridine rings is 2. The van der Waals surface area contributed by atoms with Gasteiger partial charge in [0, 0.05) is 29.1 Å². The third-order valence-electron chi connectivity index (χ3n) is 2.74. The Morgan fingerprint density at radius 3 is 2.39 bits per heavy atom. The Labute approximate surface area is 114 Å². The maximum Gasteiger partial charge on any atom is 0.262 e. The van der Waals surface area contributed by atoms with Gasteiger partial charge in [-0.25, -0.2) is 0 Å². The number of rotatable bonds is 1. The molecule has 0 spiro atoms. The number of halogens is 1. The lowest BCUT2D eigenvalue weighted by molar-refractivity contribution is 0.568. The fraction of sp³-hybridized carbons (Fsp3) is 0.286. The van der Waals surface area contributed by atoms with Crippen LogP contribution in [0.3, 0.4) is 0 Å². The van der Waals surface area contributed by atoms with Crippen molar-refractivity contribution in [3.8, 4) is 11.1 Å². The Bertz CT molecular complexity index is 612. The van der Waals surface area contributed by atoms with Crippen LogP contribution in [0.25, 0.3) is 11.1 Å². The van der Waals surface area contributed by atoms with Crippen LogP contribution in [0.15, 0.2) is 39.9 Å². The molecule has 2 heterocycles. The molecule has 0 aliphatic carbocycles. The van der Waals surface area contributed by atoms with Crippen molar-refractivity contribution in [3.05, 3.63) is 51.1 Å². The van der Waals surface area contributed by atoms with E-state index in [0.29, 0.717) is 4.47 Å². The van der Waals surface area contributed by atoms with Gasteiger partial charge >= 0.3 is 0 Å². The second kappa shape index (κ2) is 4.69. The highest BCUT2D eigenvalue weighted by molar-refractivity contribution is 9.10. The third kappa shape index (κ3) is 2.53. The van der Waals surface area contributed by atoms with Crippen molar-refractivity contribution in [2.75, 3.05) is 0 Å². The first kappa shape index (κ1) is 13.0. The van der Waals surface area contributed by atoms with Crippen LogP contribution < -0.4 is 5.56 Å². The number of hydrogen-bond acceptors (Lipinski definition) is 2. The molecule has 1 N–H and O–H groups in total. The van der Waals surface area contributed by atoms with Crippen LogP contribution >= 0.6 is 15.9 Å². The quantitative estimate of drug-likeness (QED) is 0.876. The van der Waals surface area contributed by atoms with Gasteiger partial charge in [0.1, 0.15) is 0 Å². The van der Waals surface area contributed by atoms with E-state index in [-0.39, 0.29) is 11.0 Å². The van der Waals surface area contributed by atoms with Gasteiger partial charge < -0.3 is 4.98 Å². The van der Waals surface area contributed by atoms with E-state index >= 15 is 0 Å². The minimum Gasteiger partial charge on any atom is -0.324 e. The number of aromatic amines is 1. The van der Waals surface area contributed by atoms with E-state index in [0.717, 1.165) is 16.8 Å². The first-order valence-corrected chi connectivity index (χ1v) is 6.52. The van der Waals surface area contributed by atoms with Crippen molar-refractivity contribution in [2.45, 2.75) is 26.2 Å². The summed E-state index contributed by atoms with van der Waals surface area (Å²) in [6.07, 6.45) is 3.50. The Balaban J connectivity index is 2.74. The molecule has 2 aromatic rings. The summed E-state index contributed by atoms with van der Waals surface area (Å²) in [5, 5.41) is 0. The third-order valence-corrected chi connectivity index (χ3v) is 3.33. The zero-order chi connectivity index (χ0) is 13.3. The molecule has 0 aliphatic rings. The molecule has 0 saturated carbocycles. The molecule has 0 unspecified atom stereocenters. The molecule has 3 nitrogen and oxygen atoms in total. The lowest BCUT2D eigenvalue weighted by Gasteiger charge is -2.22. The molecule has 0 fully saturated rings. The number of aromatic nitrogens is 2. The fourth-order valence-corrected chi connectivity index (χ4v) is 2.18. The standard InChI is InChI=1S/C14H15BrN2O/c1-14(2,3)12-10(8-11(15)13(18)17-12)9-4-6-16-7-5-9/h4-8H,1-3H3,(H,17,18). The van der Waals surface area contributed by atoms with Crippen molar-refractivity contribution in [3.63, 3.8) is 0 Å². The van der Waals surface area contributed by atoms with Gasteiger partial charge in [0.2, 0.25) is 0 Å². The SMILES string of the molecule is CC(C)(C)c1[nH]c(=O)c(Br)cc1-c1ccncc1. The van der Waals surface area contributed by atoms with Crippen LogP contribution in [0.5, 0.6) is 0 Å². The van der Waals surface area contributed by atoms with E-state index in [2.05, 4.69) is 46.7 Å². The largest absolute Gasteiger partial charge is 0.324 e. The number of nitrogens with zero attached hydrogens (tertiary/aromatic N) is 1. The maximum absolute atomic E-state index is 11.8. The van der Waals surface area contributed by atoms with Gasteiger partial charge in [-0.1, -0.05) is 20.8 Å². The molecule has 94 valence electrons. The highest BCUT2D eigenvalue weighted by Crippen LogP contribution is 2.31. The smallest absolute Gasteiger partial charge is 0.262 e. The summed E-state index contributed by atoms with van der Waals surface area (Å²) in [6.45, 7) is 6.24. The van der Waals surface area contributed by atoms with Gasteiger partial charge in [0.25, 0.3) is 5.56 Å². The first-order valence-electron chi connectivity index (χ1n) is 5.73. The van der Waals surface area contributed by atoms with E-state index < -0.39 is 0 Å². The van der Waals surface area contributed by atoms with Gasteiger partial charge in [-0.2, -0.15) is 0 Å². The van der Waals surface area contributed by atoms with Crippen LogP contribution in [-0.4, -0.2) is 9.97 Å². The topological polar surface area (TPSA) is 45.8 Å². The second-order valence-corrected chi connectivity index (χ2v) is 6.08. The lowest BCUT2D eigenvalue weighted by atomic mass is 9.86. The Morgan fingerprint density at radius 1 is 1.22 bits per heavy atom. The zero-order valence-corrected chi connectivity index (χ0v) is 12.2. The molecule has 0 radical (unpaired) electrons. The number of hydrogen-bond donors (Lipinski definition) is 1. The van der Waals surface area contributed by atoms with Gasteiger partial charge in [-0.15, -0.1) is 0 Å². The Hall–Kier alpha value is -1.42. The normalized spacial score (nSPS) is 11.6. The minimum atomic E-state index is -0.127. The number of H-pyrrole nitrogens is 1. The molecule has 4 heteroatoms. The molecule has 2 rings (SSSR count). The Morgan fingerprint density at radius 2 is 1.83 bits per heavy atom.